The summed E-state index contributed by atoms with van der Waals surface area (Å²) in [4.78, 5) is 35.7. The third-order valence-corrected chi connectivity index (χ3v) is 7.24. The SMILES string of the molecule is CCCC/C=C/CCCCCCC[N+](CC(CC)C(=O)O)(CC(CC)C(=O)O)CC(CC)C(=O)O. The summed E-state index contributed by atoms with van der Waals surface area (Å²) in [6.45, 7) is 9.13. The van der Waals surface area contributed by atoms with Crippen molar-refractivity contribution in [2.45, 2.75) is 105 Å². The summed E-state index contributed by atoms with van der Waals surface area (Å²) in [6.07, 6.45) is 15.7. The Bertz CT molecular complexity index is 573. The Morgan fingerprint density at radius 2 is 0.971 bits per heavy atom. The number of unbranched alkanes of at least 4 members (excludes halogenated alkanes) is 7. The van der Waals surface area contributed by atoms with Crippen LogP contribution in [0.15, 0.2) is 12.2 Å². The Labute approximate surface area is 213 Å². The Morgan fingerprint density at radius 1 is 0.600 bits per heavy atom. The van der Waals surface area contributed by atoms with Crippen LogP contribution >= 0.6 is 0 Å². The molecule has 0 aliphatic rings. The van der Waals surface area contributed by atoms with Gasteiger partial charge in [0.1, 0.15) is 17.8 Å². The van der Waals surface area contributed by atoms with Crippen LogP contribution in [0, 0.1) is 17.8 Å². The number of carbonyl (C=O) groups is 3. The number of hydrogen-bond acceptors (Lipinski definition) is 3. The molecule has 0 radical (unpaired) electrons. The minimum Gasteiger partial charge on any atom is -0.481 e. The molecule has 0 aromatic carbocycles. The summed E-state index contributed by atoms with van der Waals surface area (Å²) < 4.78 is 0.251. The van der Waals surface area contributed by atoms with Crippen molar-refractivity contribution < 1.29 is 34.2 Å². The van der Waals surface area contributed by atoms with Gasteiger partial charge in [0.2, 0.25) is 0 Å². The molecular formula is C28H52NO6+. The van der Waals surface area contributed by atoms with Crippen LogP contribution in [-0.4, -0.2) is 63.9 Å². The van der Waals surface area contributed by atoms with Crippen molar-refractivity contribution in [2.75, 3.05) is 26.2 Å². The normalized spacial score (nSPS) is 16.0. The second-order valence-corrected chi connectivity index (χ2v) is 10.1. The molecule has 3 atom stereocenters. The molecule has 7 nitrogen and oxygen atoms in total. The maximum atomic E-state index is 11.9. The molecule has 0 rings (SSSR count). The fourth-order valence-corrected chi connectivity index (χ4v) is 4.84. The van der Waals surface area contributed by atoms with Crippen LogP contribution in [-0.2, 0) is 14.4 Å². The molecule has 0 saturated heterocycles. The zero-order valence-electron chi connectivity index (χ0n) is 22.7. The average Bonchev–Trinajstić information content (AvgIpc) is 2.82. The number of carboxylic acids is 3. The van der Waals surface area contributed by atoms with Gasteiger partial charge in [-0.1, -0.05) is 65.5 Å². The first-order chi connectivity index (χ1) is 16.7. The fourth-order valence-electron chi connectivity index (χ4n) is 4.84. The minimum atomic E-state index is -0.895. The first-order valence-corrected chi connectivity index (χ1v) is 13.8. The Kier molecular flexibility index (Phi) is 18.3. The van der Waals surface area contributed by atoms with E-state index in [1.807, 2.05) is 20.8 Å². The Morgan fingerprint density at radius 3 is 1.34 bits per heavy atom. The smallest absolute Gasteiger partial charge is 0.312 e. The lowest BCUT2D eigenvalue weighted by Gasteiger charge is -2.43. The topological polar surface area (TPSA) is 112 Å². The molecule has 0 aliphatic carbocycles. The van der Waals surface area contributed by atoms with E-state index in [4.69, 9.17) is 0 Å². The molecule has 0 bridgehead atoms. The van der Waals surface area contributed by atoms with Gasteiger partial charge in [0.25, 0.3) is 0 Å². The van der Waals surface area contributed by atoms with E-state index >= 15 is 0 Å². The molecular weight excluding hydrogens is 446 g/mol. The minimum absolute atomic E-state index is 0.251. The van der Waals surface area contributed by atoms with Crippen LogP contribution in [0.3, 0.4) is 0 Å². The van der Waals surface area contributed by atoms with E-state index in [2.05, 4.69) is 19.1 Å². The highest BCUT2D eigenvalue weighted by molar-refractivity contribution is 5.71. The molecule has 3 unspecified atom stereocenters. The quantitative estimate of drug-likeness (QED) is 0.0875. The molecule has 0 aromatic heterocycles. The van der Waals surface area contributed by atoms with Crippen molar-refractivity contribution in [3.63, 3.8) is 0 Å². The number of allylic oxidation sites excluding steroid dienone is 2. The predicted octanol–water partition coefficient (Wildman–Crippen LogP) is 6.22. The van der Waals surface area contributed by atoms with Crippen LogP contribution in [0.4, 0.5) is 0 Å². The lowest BCUT2D eigenvalue weighted by Crippen LogP contribution is -2.58. The number of carboxylic acid groups (broad SMARTS) is 3. The Hall–Kier alpha value is -1.89. The van der Waals surface area contributed by atoms with E-state index in [-0.39, 0.29) is 24.1 Å². The maximum Gasteiger partial charge on any atom is 0.312 e. The van der Waals surface area contributed by atoms with Gasteiger partial charge in [-0.2, -0.15) is 0 Å². The third-order valence-electron chi connectivity index (χ3n) is 7.24. The standard InChI is InChI=1S/C28H51NO6/c1-5-9-10-11-12-13-14-15-16-17-18-19-29(20-23(6-2)26(30)31,21-24(7-3)27(32)33)22-25(8-4)28(34)35/h11-12,23-25H,5-10,13-22H2,1-4H3,(H2-,30,31,32,33,34,35)/p+1/b12-11+. The number of hydrogen-bond donors (Lipinski definition) is 3. The highest BCUT2D eigenvalue weighted by Crippen LogP contribution is 2.25. The van der Waals surface area contributed by atoms with Crippen LogP contribution in [0.2, 0.25) is 0 Å². The molecule has 35 heavy (non-hydrogen) atoms. The van der Waals surface area contributed by atoms with Gasteiger partial charge in [-0.15, -0.1) is 0 Å². The van der Waals surface area contributed by atoms with Crippen molar-refractivity contribution >= 4 is 17.9 Å². The van der Waals surface area contributed by atoms with Crippen molar-refractivity contribution in [3.8, 4) is 0 Å². The summed E-state index contributed by atoms with van der Waals surface area (Å²) >= 11 is 0. The zero-order valence-corrected chi connectivity index (χ0v) is 22.7. The molecule has 0 fully saturated rings. The van der Waals surface area contributed by atoms with Gasteiger partial charge >= 0.3 is 17.9 Å². The van der Waals surface area contributed by atoms with Crippen LogP contribution < -0.4 is 0 Å². The molecule has 204 valence electrons. The molecule has 0 aromatic rings. The van der Waals surface area contributed by atoms with Gasteiger partial charge in [0.05, 0.1) is 26.2 Å². The van der Waals surface area contributed by atoms with E-state index in [1.54, 1.807) is 0 Å². The number of rotatable bonds is 23. The van der Waals surface area contributed by atoms with Gasteiger partial charge in [-0.3, -0.25) is 14.4 Å². The summed E-state index contributed by atoms with van der Waals surface area (Å²) in [5.41, 5.74) is 0. The van der Waals surface area contributed by atoms with E-state index < -0.39 is 35.7 Å². The molecule has 3 N–H and O–H groups in total. The van der Waals surface area contributed by atoms with E-state index in [9.17, 15) is 29.7 Å². The molecule has 0 amide bonds. The van der Waals surface area contributed by atoms with Crippen molar-refractivity contribution in [1.82, 2.24) is 0 Å². The van der Waals surface area contributed by atoms with Crippen LogP contribution in [0.25, 0.3) is 0 Å². The lowest BCUT2D eigenvalue weighted by atomic mass is 9.95. The number of nitrogens with zero attached hydrogens (tertiary/aromatic N) is 1. The van der Waals surface area contributed by atoms with Crippen molar-refractivity contribution in [2.24, 2.45) is 17.8 Å². The highest BCUT2D eigenvalue weighted by atomic mass is 16.4. The van der Waals surface area contributed by atoms with Gasteiger partial charge in [-0.25, -0.2) is 0 Å². The molecule has 0 aliphatic heterocycles. The summed E-state index contributed by atoms with van der Waals surface area (Å²) in [6, 6.07) is 0. The van der Waals surface area contributed by atoms with Crippen molar-refractivity contribution in [3.05, 3.63) is 12.2 Å². The largest absolute Gasteiger partial charge is 0.481 e. The molecule has 7 heteroatoms. The van der Waals surface area contributed by atoms with Gasteiger partial charge in [-0.05, 0) is 51.4 Å². The van der Waals surface area contributed by atoms with E-state index in [0.29, 0.717) is 25.8 Å². The summed E-state index contributed by atoms with van der Waals surface area (Å²) in [5.74, 6) is -4.54. The van der Waals surface area contributed by atoms with Gasteiger partial charge in [0.15, 0.2) is 0 Å². The first-order valence-electron chi connectivity index (χ1n) is 13.8. The summed E-state index contributed by atoms with van der Waals surface area (Å²) in [7, 11) is 0. The monoisotopic (exact) mass is 498 g/mol. The van der Waals surface area contributed by atoms with Crippen LogP contribution in [0.5, 0.6) is 0 Å². The van der Waals surface area contributed by atoms with E-state index in [0.717, 1.165) is 44.9 Å². The summed E-state index contributed by atoms with van der Waals surface area (Å²) in [5, 5.41) is 29.2. The number of quaternary nitrogens is 1. The molecule has 0 heterocycles. The van der Waals surface area contributed by atoms with Crippen molar-refractivity contribution in [1.29, 1.82) is 0 Å². The second-order valence-electron chi connectivity index (χ2n) is 10.1. The molecule has 0 spiro atoms. The van der Waals surface area contributed by atoms with Gasteiger partial charge < -0.3 is 19.8 Å². The lowest BCUT2D eigenvalue weighted by molar-refractivity contribution is -0.935. The second kappa shape index (κ2) is 19.3. The average molecular weight is 499 g/mol. The van der Waals surface area contributed by atoms with Gasteiger partial charge in [0, 0.05) is 0 Å². The third kappa shape index (κ3) is 14.3. The molecule has 0 saturated carbocycles. The Balaban J connectivity index is 5.36. The highest BCUT2D eigenvalue weighted by Gasteiger charge is 2.40. The van der Waals surface area contributed by atoms with Crippen LogP contribution in [0.1, 0.15) is 105 Å². The predicted molar refractivity (Wildman–Crippen MR) is 140 cm³/mol. The zero-order chi connectivity index (χ0) is 26.7. The first kappa shape index (κ1) is 33.1. The number of aliphatic carboxylic acids is 3. The maximum absolute atomic E-state index is 11.9. The fraction of sp³-hybridized carbons (Fsp3) is 0.821. The van der Waals surface area contributed by atoms with E-state index in [1.165, 1.54) is 12.8 Å².